The predicted octanol–water partition coefficient (Wildman–Crippen LogP) is 0.632. The number of ether oxygens (including phenoxy) is 4. The number of quaternary nitrogens is 1. The molecule has 0 radical (unpaired) electrons. The molecule has 1 amide bonds. The molecule has 0 saturated carbocycles. The van der Waals surface area contributed by atoms with Crippen molar-refractivity contribution < 1.29 is 38.5 Å². The molecule has 4 rings (SSSR count). The van der Waals surface area contributed by atoms with Crippen LogP contribution in [0.3, 0.4) is 0 Å². The number of hydrogen-bond acceptors (Lipinski definition) is 7. The van der Waals surface area contributed by atoms with Crippen molar-refractivity contribution in [3.8, 4) is 17.2 Å². The van der Waals surface area contributed by atoms with Gasteiger partial charge in [-0.2, -0.15) is 0 Å². The highest BCUT2D eigenvalue weighted by atomic mass is 16.5. The fraction of sp³-hybridized carbons (Fsp3) is 0.429. The van der Waals surface area contributed by atoms with E-state index in [1.54, 1.807) is 42.5 Å². The summed E-state index contributed by atoms with van der Waals surface area (Å²) < 4.78 is 21.8. The van der Waals surface area contributed by atoms with Crippen LogP contribution in [0.25, 0.3) is 5.76 Å². The van der Waals surface area contributed by atoms with E-state index >= 15 is 0 Å². The Labute approximate surface area is 217 Å². The summed E-state index contributed by atoms with van der Waals surface area (Å²) in [5.41, 5.74) is 0.884. The highest BCUT2D eigenvalue weighted by Crippen LogP contribution is 2.41. The molecular weight excluding hydrogens is 476 g/mol. The molecule has 198 valence electrons. The summed E-state index contributed by atoms with van der Waals surface area (Å²) in [6.07, 6.45) is 0.697. The molecule has 2 aliphatic rings. The van der Waals surface area contributed by atoms with Crippen LogP contribution in [0, 0.1) is 0 Å². The van der Waals surface area contributed by atoms with E-state index in [-0.39, 0.29) is 5.57 Å². The molecule has 2 fully saturated rings. The standard InChI is InChI=1S/C28H34N2O7/c1-4-37-22-11-8-20(18-23(22)35-3)25-24(26(31)19-6-9-21(34-2)10-7-19)27(32)28(33)30(25)13-5-12-29-14-16-36-17-15-29/h6-11,18,25,31H,4-5,12-17H2,1-3H3. The summed E-state index contributed by atoms with van der Waals surface area (Å²) >= 11 is 0. The highest BCUT2D eigenvalue weighted by molar-refractivity contribution is 6.46. The quantitative estimate of drug-likeness (QED) is 0.284. The lowest BCUT2D eigenvalue weighted by Gasteiger charge is -2.29. The summed E-state index contributed by atoms with van der Waals surface area (Å²) in [6.45, 7) is 6.81. The smallest absolute Gasteiger partial charge is 0.295 e. The van der Waals surface area contributed by atoms with E-state index in [9.17, 15) is 14.7 Å². The number of carbonyl (C=O) groups is 2. The minimum absolute atomic E-state index is 0.0555. The van der Waals surface area contributed by atoms with Crippen LogP contribution >= 0.6 is 0 Å². The topological polar surface area (TPSA) is 102 Å². The van der Waals surface area contributed by atoms with E-state index in [1.807, 2.05) is 6.92 Å². The summed E-state index contributed by atoms with van der Waals surface area (Å²) in [5.74, 6) is -0.283. The van der Waals surface area contributed by atoms with Crippen molar-refractivity contribution >= 4 is 17.4 Å². The molecule has 37 heavy (non-hydrogen) atoms. The van der Waals surface area contributed by atoms with Crippen molar-refractivity contribution in [2.45, 2.75) is 19.4 Å². The summed E-state index contributed by atoms with van der Waals surface area (Å²) in [5, 5.41) is 13.6. The average molecular weight is 511 g/mol. The first-order chi connectivity index (χ1) is 18.0. The Morgan fingerprint density at radius 2 is 1.78 bits per heavy atom. The Kier molecular flexibility index (Phi) is 8.68. The van der Waals surface area contributed by atoms with Crippen molar-refractivity contribution in [1.29, 1.82) is 0 Å². The number of likely N-dealkylation sites (tertiary alicyclic amines) is 1. The van der Waals surface area contributed by atoms with Gasteiger partial charge in [-0.25, -0.2) is 0 Å². The van der Waals surface area contributed by atoms with Crippen molar-refractivity contribution in [1.82, 2.24) is 4.90 Å². The first-order valence-corrected chi connectivity index (χ1v) is 12.6. The fourth-order valence-corrected chi connectivity index (χ4v) is 4.88. The second-order valence-corrected chi connectivity index (χ2v) is 9.01. The number of morpholine rings is 1. The molecule has 0 spiro atoms. The SMILES string of the molecule is CCOc1ccc(C2C(=C([O-])c3ccc(OC)cc3)C(=O)C(=O)N2CCC[NH+]2CCOCC2)cc1OC. The van der Waals surface area contributed by atoms with E-state index in [2.05, 4.69) is 0 Å². The van der Waals surface area contributed by atoms with Crippen LogP contribution in [0.5, 0.6) is 17.2 Å². The molecule has 1 atom stereocenters. The predicted molar refractivity (Wildman–Crippen MR) is 135 cm³/mol. The van der Waals surface area contributed by atoms with E-state index in [0.717, 1.165) is 32.8 Å². The lowest BCUT2D eigenvalue weighted by molar-refractivity contribution is -0.908. The fourth-order valence-electron chi connectivity index (χ4n) is 4.88. The Balaban J connectivity index is 1.71. The molecule has 9 heteroatoms. The van der Waals surface area contributed by atoms with Gasteiger partial charge in [-0.1, -0.05) is 24.0 Å². The van der Waals surface area contributed by atoms with Crippen molar-refractivity contribution in [2.75, 3.05) is 60.2 Å². The number of benzene rings is 2. The lowest BCUT2D eigenvalue weighted by Crippen LogP contribution is -3.14. The average Bonchev–Trinajstić information content (AvgIpc) is 3.18. The van der Waals surface area contributed by atoms with Gasteiger partial charge in [0.25, 0.3) is 5.91 Å². The van der Waals surface area contributed by atoms with Gasteiger partial charge in [0.2, 0.25) is 5.78 Å². The van der Waals surface area contributed by atoms with Gasteiger partial charge >= 0.3 is 0 Å². The summed E-state index contributed by atoms with van der Waals surface area (Å²) in [4.78, 5) is 29.4. The van der Waals surface area contributed by atoms with E-state index in [1.165, 1.54) is 24.0 Å². The molecule has 9 nitrogen and oxygen atoms in total. The van der Waals surface area contributed by atoms with Gasteiger partial charge in [0.05, 0.1) is 46.6 Å². The highest BCUT2D eigenvalue weighted by Gasteiger charge is 2.44. The second-order valence-electron chi connectivity index (χ2n) is 9.01. The monoisotopic (exact) mass is 510 g/mol. The Hall–Kier alpha value is -3.56. The number of carbonyl (C=O) groups excluding carboxylic acids is 2. The minimum atomic E-state index is -0.820. The van der Waals surface area contributed by atoms with E-state index < -0.39 is 23.5 Å². The maximum Gasteiger partial charge on any atom is 0.295 e. The maximum atomic E-state index is 13.6. The molecule has 2 aromatic rings. The lowest BCUT2D eigenvalue weighted by atomic mass is 9.95. The van der Waals surface area contributed by atoms with Gasteiger partial charge in [-0.05, 0) is 42.3 Å². The number of hydrogen-bond donors (Lipinski definition) is 1. The first kappa shape index (κ1) is 26.5. The third-order valence-electron chi connectivity index (χ3n) is 6.81. The molecule has 2 aliphatic heterocycles. The Bertz CT molecular complexity index is 1140. The molecule has 1 N–H and O–H groups in total. The Morgan fingerprint density at radius 3 is 2.43 bits per heavy atom. The molecule has 0 aliphatic carbocycles. The summed E-state index contributed by atoms with van der Waals surface area (Å²) in [6, 6.07) is 11.0. The van der Waals surface area contributed by atoms with Crippen LogP contribution in [-0.2, 0) is 14.3 Å². The van der Waals surface area contributed by atoms with Gasteiger partial charge < -0.3 is 33.9 Å². The van der Waals surface area contributed by atoms with Crippen LogP contribution in [0.4, 0.5) is 0 Å². The molecule has 2 heterocycles. The zero-order chi connectivity index (χ0) is 26.4. The van der Waals surface area contributed by atoms with E-state index in [0.29, 0.717) is 47.9 Å². The van der Waals surface area contributed by atoms with Gasteiger partial charge in [0.15, 0.2) is 11.5 Å². The van der Waals surface area contributed by atoms with Crippen molar-refractivity contribution in [3.63, 3.8) is 0 Å². The molecule has 2 aromatic carbocycles. The van der Waals surface area contributed by atoms with Gasteiger partial charge in [-0.15, -0.1) is 0 Å². The number of amides is 1. The first-order valence-electron chi connectivity index (χ1n) is 12.6. The van der Waals surface area contributed by atoms with E-state index in [4.69, 9.17) is 18.9 Å². The largest absolute Gasteiger partial charge is 0.872 e. The summed E-state index contributed by atoms with van der Waals surface area (Å²) in [7, 11) is 3.07. The van der Waals surface area contributed by atoms with Gasteiger partial charge in [0.1, 0.15) is 18.8 Å². The zero-order valence-electron chi connectivity index (χ0n) is 21.6. The number of methoxy groups -OCH3 is 2. The van der Waals surface area contributed by atoms with Crippen LogP contribution in [0.1, 0.15) is 30.5 Å². The van der Waals surface area contributed by atoms with Crippen LogP contribution in [0.15, 0.2) is 48.0 Å². The van der Waals surface area contributed by atoms with Crippen molar-refractivity contribution in [2.24, 2.45) is 0 Å². The zero-order valence-corrected chi connectivity index (χ0v) is 21.6. The second kappa shape index (κ2) is 12.1. The normalized spacial score (nSPS) is 19.8. The molecule has 0 bridgehead atoms. The number of nitrogens with zero attached hydrogens (tertiary/aromatic N) is 1. The molecular formula is C28H34N2O7. The third kappa shape index (κ3) is 5.73. The number of Topliss-reactive ketones (excluding diaryl/α,β-unsaturated/α-hetero) is 1. The molecule has 0 aromatic heterocycles. The van der Waals surface area contributed by atoms with Crippen molar-refractivity contribution in [3.05, 3.63) is 59.2 Å². The maximum absolute atomic E-state index is 13.6. The van der Waals surface area contributed by atoms with Gasteiger partial charge in [-0.3, -0.25) is 9.59 Å². The van der Waals surface area contributed by atoms with Crippen LogP contribution in [0.2, 0.25) is 0 Å². The van der Waals surface area contributed by atoms with Crippen LogP contribution < -0.4 is 24.2 Å². The molecule has 1 unspecified atom stereocenters. The van der Waals surface area contributed by atoms with Crippen LogP contribution in [-0.4, -0.2) is 76.8 Å². The third-order valence-corrected chi connectivity index (χ3v) is 6.81. The number of nitrogens with one attached hydrogen (secondary N) is 1. The Morgan fingerprint density at radius 1 is 1.05 bits per heavy atom. The number of ketones is 1. The minimum Gasteiger partial charge on any atom is -0.872 e. The number of rotatable bonds is 10. The van der Waals surface area contributed by atoms with Gasteiger partial charge in [0, 0.05) is 18.5 Å². The molecule has 2 saturated heterocycles.